The van der Waals surface area contributed by atoms with Crippen molar-refractivity contribution in [3.05, 3.63) is 78.1 Å². The van der Waals surface area contributed by atoms with Crippen molar-refractivity contribution in [3.8, 4) is 5.75 Å². The Balaban J connectivity index is 0.000000133. The van der Waals surface area contributed by atoms with Crippen LogP contribution in [0.1, 0.15) is 0 Å². The number of aromatic nitrogens is 2. The van der Waals surface area contributed by atoms with Crippen LogP contribution in [-0.2, 0) is 0 Å². The Labute approximate surface area is 132 Å². The molecule has 0 saturated carbocycles. The van der Waals surface area contributed by atoms with E-state index in [0.29, 0.717) is 10.7 Å². The van der Waals surface area contributed by atoms with Crippen LogP contribution in [0.25, 0.3) is 21.8 Å². The lowest BCUT2D eigenvalue weighted by molar-refractivity contribution is 0.480. The van der Waals surface area contributed by atoms with E-state index in [1.807, 2.05) is 42.6 Å². The first-order valence-electron chi connectivity index (χ1n) is 6.78. The molecule has 0 amide bonds. The summed E-state index contributed by atoms with van der Waals surface area (Å²) in [5.41, 5.74) is 1.61. The summed E-state index contributed by atoms with van der Waals surface area (Å²) in [4.78, 5) is 8.17. The molecule has 0 aliphatic heterocycles. The van der Waals surface area contributed by atoms with Gasteiger partial charge in [-0.3, -0.25) is 4.98 Å². The topological polar surface area (TPSA) is 46.0 Å². The minimum Gasteiger partial charge on any atom is -0.506 e. The third kappa shape index (κ3) is 3.15. The third-order valence-corrected chi connectivity index (χ3v) is 3.39. The summed E-state index contributed by atoms with van der Waals surface area (Å²) in [5.74, 6) is 0.162. The van der Waals surface area contributed by atoms with E-state index in [1.54, 1.807) is 18.2 Å². The van der Waals surface area contributed by atoms with Gasteiger partial charge in [0.2, 0.25) is 0 Å². The van der Waals surface area contributed by atoms with Gasteiger partial charge in [-0.2, -0.15) is 0 Å². The highest BCUT2D eigenvalue weighted by Gasteiger charge is 1.99. The van der Waals surface area contributed by atoms with Crippen LogP contribution in [0.5, 0.6) is 5.75 Å². The largest absolute Gasteiger partial charge is 0.506 e. The standard InChI is InChI=1S/C9H6ClNO.C9H7N/c10-8-5-4-6-2-1-3-7(12)9(6)11-8;1-2-6-9-8(4-1)5-3-7-10-9/h1-5,12H;1-7H. The van der Waals surface area contributed by atoms with Crippen LogP contribution in [0.15, 0.2) is 72.9 Å². The van der Waals surface area contributed by atoms with E-state index in [4.69, 9.17) is 11.6 Å². The zero-order valence-corrected chi connectivity index (χ0v) is 12.4. The zero-order valence-electron chi connectivity index (χ0n) is 11.6. The van der Waals surface area contributed by atoms with Gasteiger partial charge in [-0.05, 0) is 30.3 Å². The van der Waals surface area contributed by atoms with E-state index in [-0.39, 0.29) is 5.75 Å². The van der Waals surface area contributed by atoms with E-state index in [1.165, 1.54) is 5.39 Å². The van der Waals surface area contributed by atoms with Crippen LogP contribution in [0, 0.1) is 0 Å². The molecule has 0 radical (unpaired) electrons. The molecule has 0 aliphatic carbocycles. The number of halogens is 1. The predicted molar refractivity (Wildman–Crippen MR) is 90.2 cm³/mol. The molecule has 0 aliphatic rings. The minimum atomic E-state index is 0.162. The average molecular weight is 309 g/mol. The molecule has 0 spiro atoms. The summed E-state index contributed by atoms with van der Waals surface area (Å²) in [7, 11) is 0. The molecule has 1 N–H and O–H groups in total. The molecule has 0 bridgehead atoms. The Hall–Kier alpha value is -2.65. The SMILES string of the molecule is Oc1cccc2ccc(Cl)nc12.c1ccc2ncccc2c1. The van der Waals surface area contributed by atoms with Crippen LogP contribution >= 0.6 is 11.6 Å². The molecule has 4 heteroatoms. The van der Waals surface area contributed by atoms with Gasteiger partial charge in [0.05, 0.1) is 5.52 Å². The van der Waals surface area contributed by atoms with Gasteiger partial charge < -0.3 is 5.11 Å². The Morgan fingerprint density at radius 1 is 0.773 bits per heavy atom. The van der Waals surface area contributed by atoms with Crippen LogP contribution in [-0.4, -0.2) is 15.1 Å². The molecule has 4 rings (SSSR count). The second-order valence-electron chi connectivity index (χ2n) is 4.68. The molecule has 108 valence electrons. The number of aromatic hydroxyl groups is 1. The molecule has 22 heavy (non-hydrogen) atoms. The number of nitrogens with zero attached hydrogens (tertiary/aromatic N) is 2. The molecule has 0 saturated heterocycles. The molecular formula is C18H13ClN2O. The summed E-state index contributed by atoms with van der Waals surface area (Å²) < 4.78 is 0. The molecular weight excluding hydrogens is 296 g/mol. The third-order valence-electron chi connectivity index (χ3n) is 3.18. The number of phenols is 1. The van der Waals surface area contributed by atoms with Crippen LogP contribution in [0.4, 0.5) is 0 Å². The Morgan fingerprint density at radius 2 is 1.55 bits per heavy atom. The number of hydrogen-bond donors (Lipinski definition) is 1. The number of pyridine rings is 2. The van der Waals surface area contributed by atoms with Crippen molar-refractivity contribution in [2.45, 2.75) is 0 Å². The van der Waals surface area contributed by atoms with E-state index in [2.05, 4.69) is 22.1 Å². The smallest absolute Gasteiger partial charge is 0.141 e. The Morgan fingerprint density at radius 3 is 2.41 bits per heavy atom. The van der Waals surface area contributed by atoms with E-state index in [9.17, 15) is 5.11 Å². The molecule has 3 nitrogen and oxygen atoms in total. The Kier molecular flexibility index (Phi) is 4.17. The monoisotopic (exact) mass is 308 g/mol. The predicted octanol–water partition coefficient (Wildman–Crippen LogP) is 4.83. The number of para-hydroxylation sites is 2. The lowest BCUT2D eigenvalue weighted by Crippen LogP contribution is -1.79. The maximum absolute atomic E-state index is 9.37. The van der Waals surface area contributed by atoms with Crippen molar-refractivity contribution < 1.29 is 5.11 Å². The first kappa shape index (κ1) is 14.3. The van der Waals surface area contributed by atoms with Gasteiger partial charge in [0, 0.05) is 17.0 Å². The maximum Gasteiger partial charge on any atom is 0.141 e. The van der Waals surface area contributed by atoms with E-state index in [0.717, 1.165) is 10.9 Å². The van der Waals surface area contributed by atoms with Gasteiger partial charge in [-0.15, -0.1) is 0 Å². The maximum atomic E-state index is 9.37. The highest BCUT2D eigenvalue weighted by molar-refractivity contribution is 6.29. The second kappa shape index (κ2) is 6.41. The van der Waals surface area contributed by atoms with Crippen molar-refractivity contribution in [2.75, 3.05) is 0 Å². The van der Waals surface area contributed by atoms with Crippen molar-refractivity contribution in [3.63, 3.8) is 0 Å². The fourth-order valence-corrected chi connectivity index (χ4v) is 2.27. The van der Waals surface area contributed by atoms with Gasteiger partial charge in [0.1, 0.15) is 16.4 Å². The highest BCUT2D eigenvalue weighted by Crippen LogP contribution is 2.23. The van der Waals surface area contributed by atoms with Gasteiger partial charge in [-0.25, -0.2) is 4.98 Å². The summed E-state index contributed by atoms with van der Waals surface area (Å²) in [6.45, 7) is 0. The van der Waals surface area contributed by atoms with Crippen molar-refractivity contribution in [1.29, 1.82) is 0 Å². The van der Waals surface area contributed by atoms with Crippen LogP contribution < -0.4 is 0 Å². The highest BCUT2D eigenvalue weighted by atomic mass is 35.5. The zero-order chi connectivity index (χ0) is 15.4. The Bertz CT molecular complexity index is 859. The fourth-order valence-electron chi connectivity index (χ4n) is 2.12. The van der Waals surface area contributed by atoms with Gasteiger partial charge in [-0.1, -0.05) is 48.0 Å². The lowest BCUT2D eigenvalue weighted by Gasteiger charge is -1.98. The number of benzene rings is 2. The molecule has 0 atom stereocenters. The number of hydrogen-bond acceptors (Lipinski definition) is 3. The summed E-state index contributed by atoms with van der Waals surface area (Å²) >= 11 is 5.67. The minimum absolute atomic E-state index is 0.162. The van der Waals surface area contributed by atoms with E-state index >= 15 is 0 Å². The lowest BCUT2D eigenvalue weighted by atomic mass is 10.2. The first-order valence-corrected chi connectivity index (χ1v) is 7.16. The second-order valence-corrected chi connectivity index (χ2v) is 5.07. The molecule has 0 unspecified atom stereocenters. The summed E-state index contributed by atoms with van der Waals surface area (Å²) in [5, 5.41) is 11.9. The normalized spacial score (nSPS) is 10.2. The van der Waals surface area contributed by atoms with Gasteiger partial charge >= 0.3 is 0 Å². The van der Waals surface area contributed by atoms with E-state index < -0.39 is 0 Å². The summed E-state index contributed by atoms with van der Waals surface area (Å²) in [6.07, 6.45) is 1.81. The average Bonchev–Trinajstić information content (AvgIpc) is 2.56. The molecule has 2 heterocycles. The molecule has 0 fully saturated rings. The van der Waals surface area contributed by atoms with Gasteiger partial charge in [0.25, 0.3) is 0 Å². The first-order chi connectivity index (χ1) is 10.7. The summed E-state index contributed by atoms with van der Waals surface area (Å²) in [6, 6.07) is 20.8. The number of rotatable bonds is 0. The van der Waals surface area contributed by atoms with Crippen LogP contribution in [0.2, 0.25) is 5.15 Å². The molecule has 2 aromatic heterocycles. The van der Waals surface area contributed by atoms with Crippen molar-refractivity contribution in [1.82, 2.24) is 9.97 Å². The van der Waals surface area contributed by atoms with Crippen LogP contribution in [0.3, 0.4) is 0 Å². The van der Waals surface area contributed by atoms with Gasteiger partial charge in [0.15, 0.2) is 0 Å². The molecule has 2 aromatic carbocycles. The fraction of sp³-hybridized carbons (Fsp3) is 0. The molecule has 4 aromatic rings. The number of fused-ring (bicyclic) bond motifs is 2. The van der Waals surface area contributed by atoms with Crippen molar-refractivity contribution in [2.24, 2.45) is 0 Å². The number of phenolic OH excluding ortho intramolecular Hbond substituents is 1. The van der Waals surface area contributed by atoms with Crippen molar-refractivity contribution >= 4 is 33.4 Å². The quantitative estimate of drug-likeness (QED) is 0.473.